The number of benzene rings is 1. The van der Waals surface area contributed by atoms with Crippen molar-refractivity contribution in [1.82, 2.24) is 0 Å². The summed E-state index contributed by atoms with van der Waals surface area (Å²) in [6.07, 6.45) is 2.85. The largest absolute Gasteiger partial charge is 0.457 e. The SMILES string of the molecule is Cc1cc(SC2C(=O)OC(CCc3cccs3)(C(C)C)C(CCc3cccs3)C2=O)c(C(C)(C)C)cc1CO. The first-order chi connectivity index (χ1) is 18.5. The van der Waals surface area contributed by atoms with E-state index < -0.39 is 16.8 Å². The van der Waals surface area contributed by atoms with E-state index in [0.717, 1.165) is 34.4 Å². The van der Waals surface area contributed by atoms with Crippen LogP contribution in [-0.4, -0.2) is 27.7 Å². The Kier molecular flexibility index (Phi) is 9.47. The number of carbonyl (C=O) groups excluding carboxylic acids is 2. The third-order valence-electron chi connectivity index (χ3n) is 7.94. The molecule has 0 saturated carbocycles. The summed E-state index contributed by atoms with van der Waals surface area (Å²) >= 11 is 4.73. The van der Waals surface area contributed by atoms with Crippen LogP contribution in [0.5, 0.6) is 0 Å². The first-order valence-corrected chi connectivity index (χ1v) is 16.3. The molecule has 3 unspecified atom stereocenters. The van der Waals surface area contributed by atoms with Crippen molar-refractivity contribution in [3.8, 4) is 0 Å². The van der Waals surface area contributed by atoms with Crippen molar-refractivity contribution in [1.29, 1.82) is 0 Å². The van der Waals surface area contributed by atoms with Gasteiger partial charge in [0.25, 0.3) is 0 Å². The lowest BCUT2D eigenvalue weighted by Crippen LogP contribution is -2.59. The van der Waals surface area contributed by atoms with Crippen LogP contribution in [-0.2, 0) is 39.2 Å². The lowest BCUT2D eigenvalue weighted by Gasteiger charge is -2.47. The van der Waals surface area contributed by atoms with Crippen molar-refractivity contribution >= 4 is 46.2 Å². The summed E-state index contributed by atoms with van der Waals surface area (Å²) in [7, 11) is 0. The lowest BCUT2D eigenvalue weighted by atomic mass is 9.69. The van der Waals surface area contributed by atoms with Gasteiger partial charge >= 0.3 is 5.97 Å². The van der Waals surface area contributed by atoms with Crippen LogP contribution in [0, 0.1) is 18.8 Å². The summed E-state index contributed by atoms with van der Waals surface area (Å²) in [6, 6.07) is 12.3. The molecule has 0 radical (unpaired) electrons. The van der Waals surface area contributed by atoms with Gasteiger partial charge in [0.1, 0.15) is 5.60 Å². The monoisotopic (exact) mass is 584 g/mol. The van der Waals surface area contributed by atoms with E-state index in [1.54, 1.807) is 22.7 Å². The summed E-state index contributed by atoms with van der Waals surface area (Å²) in [6.45, 7) is 12.4. The molecule has 1 aliphatic rings. The molecule has 2 aromatic heterocycles. The van der Waals surface area contributed by atoms with Crippen LogP contribution < -0.4 is 0 Å². The Balaban J connectivity index is 1.70. The maximum atomic E-state index is 14.4. The van der Waals surface area contributed by atoms with Gasteiger partial charge in [0.2, 0.25) is 0 Å². The highest BCUT2D eigenvalue weighted by molar-refractivity contribution is 8.01. The third kappa shape index (κ3) is 6.53. The third-order valence-corrected chi connectivity index (χ3v) is 11.1. The molecule has 3 aromatic rings. The van der Waals surface area contributed by atoms with Gasteiger partial charge in [-0.25, -0.2) is 0 Å². The number of rotatable bonds is 10. The predicted molar refractivity (Wildman–Crippen MR) is 163 cm³/mol. The zero-order valence-electron chi connectivity index (χ0n) is 23.8. The molecule has 1 aromatic carbocycles. The molecule has 210 valence electrons. The molecule has 4 nitrogen and oxygen atoms in total. The Morgan fingerprint density at radius 2 is 1.69 bits per heavy atom. The maximum absolute atomic E-state index is 14.4. The normalized spacial score (nSPS) is 21.9. The van der Waals surface area contributed by atoms with E-state index in [1.807, 2.05) is 31.2 Å². The smallest absolute Gasteiger partial charge is 0.327 e. The number of ketones is 1. The second-order valence-corrected chi connectivity index (χ2v) is 15.1. The van der Waals surface area contributed by atoms with Gasteiger partial charge in [-0.15, -0.1) is 34.4 Å². The number of hydrogen-bond acceptors (Lipinski definition) is 7. The second-order valence-electron chi connectivity index (χ2n) is 11.9. The minimum atomic E-state index is -0.910. The molecule has 1 N–H and O–H groups in total. The molecule has 1 aliphatic heterocycles. The van der Waals surface area contributed by atoms with E-state index >= 15 is 0 Å². The van der Waals surface area contributed by atoms with Gasteiger partial charge in [-0.05, 0) is 89.6 Å². The number of thiophene rings is 2. The Morgan fingerprint density at radius 3 is 2.23 bits per heavy atom. The zero-order valence-corrected chi connectivity index (χ0v) is 26.2. The van der Waals surface area contributed by atoms with Gasteiger partial charge in [-0.1, -0.05) is 52.8 Å². The Hall–Kier alpha value is -1.93. The number of ether oxygens (including phenoxy) is 1. The van der Waals surface area contributed by atoms with Crippen LogP contribution in [0.3, 0.4) is 0 Å². The first-order valence-electron chi connectivity index (χ1n) is 13.7. The number of hydrogen-bond donors (Lipinski definition) is 1. The standard InChI is InChI=1S/C32H40O4S3/c1-20(2)32(14-13-24-10-8-16-38-24)25(12-11-23-9-7-15-37-23)28(34)29(30(35)36-32)39-27-17-21(3)22(19-33)18-26(27)31(4,5)6/h7-10,15-18,20,25,29,33H,11-14,19H2,1-6H3. The van der Waals surface area contributed by atoms with E-state index in [4.69, 9.17) is 4.74 Å². The maximum Gasteiger partial charge on any atom is 0.327 e. The number of Topliss-reactive ketones (excluding diaryl/α,β-unsaturated/α-hetero) is 1. The molecule has 4 rings (SSSR count). The zero-order chi connectivity index (χ0) is 28.4. The average Bonchev–Trinajstić information content (AvgIpc) is 3.58. The van der Waals surface area contributed by atoms with E-state index in [9.17, 15) is 14.7 Å². The molecule has 39 heavy (non-hydrogen) atoms. The van der Waals surface area contributed by atoms with Crippen LogP contribution in [0.1, 0.15) is 73.9 Å². The van der Waals surface area contributed by atoms with Crippen molar-refractivity contribution in [2.75, 3.05) is 0 Å². The summed E-state index contributed by atoms with van der Waals surface area (Å²) in [5.41, 5.74) is 1.78. The molecule has 1 saturated heterocycles. The van der Waals surface area contributed by atoms with E-state index in [0.29, 0.717) is 12.8 Å². The minimum absolute atomic E-state index is 0.000802. The summed E-state index contributed by atoms with van der Waals surface area (Å²) in [5, 5.41) is 13.1. The van der Waals surface area contributed by atoms with Gasteiger partial charge in [0.15, 0.2) is 11.0 Å². The van der Waals surface area contributed by atoms with Crippen LogP contribution in [0.15, 0.2) is 52.1 Å². The summed E-state index contributed by atoms with van der Waals surface area (Å²) < 4.78 is 6.46. The fourth-order valence-corrected chi connectivity index (χ4v) is 8.45. The number of aryl methyl sites for hydroxylation is 3. The minimum Gasteiger partial charge on any atom is -0.457 e. The number of aliphatic hydroxyl groups is 1. The molecule has 0 amide bonds. The molecule has 1 fully saturated rings. The number of cyclic esters (lactones) is 1. The van der Waals surface area contributed by atoms with Gasteiger partial charge in [-0.2, -0.15) is 0 Å². The van der Waals surface area contributed by atoms with Gasteiger partial charge in [0, 0.05) is 14.6 Å². The van der Waals surface area contributed by atoms with Gasteiger partial charge in [-0.3, -0.25) is 9.59 Å². The van der Waals surface area contributed by atoms with Crippen LogP contribution in [0.4, 0.5) is 0 Å². The fraction of sp³-hybridized carbons (Fsp3) is 0.500. The molecule has 7 heteroatoms. The van der Waals surface area contributed by atoms with Gasteiger partial charge in [0.05, 0.1) is 12.5 Å². The van der Waals surface area contributed by atoms with Crippen molar-refractivity contribution in [2.45, 2.75) is 95.0 Å². The molecule has 3 atom stereocenters. The lowest BCUT2D eigenvalue weighted by molar-refractivity contribution is -0.187. The van der Waals surface area contributed by atoms with Crippen molar-refractivity contribution < 1.29 is 19.4 Å². The topological polar surface area (TPSA) is 63.6 Å². The number of thioether (sulfide) groups is 1. The molecular formula is C32H40O4S3. The van der Waals surface area contributed by atoms with E-state index in [-0.39, 0.29) is 29.6 Å². The van der Waals surface area contributed by atoms with E-state index in [2.05, 4.69) is 57.5 Å². The quantitative estimate of drug-likeness (QED) is 0.195. The average molecular weight is 585 g/mol. The Bertz CT molecular complexity index is 1270. The Labute approximate surface area is 245 Å². The summed E-state index contributed by atoms with van der Waals surface area (Å²) in [4.78, 5) is 31.5. The molecule has 0 aliphatic carbocycles. The number of aliphatic hydroxyl groups excluding tert-OH is 1. The molecule has 0 spiro atoms. The first kappa shape index (κ1) is 30.0. The van der Waals surface area contributed by atoms with Crippen molar-refractivity contribution in [3.63, 3.8) is 0 Å². The van der Waals surface area contributed by atoms with Gasteiger partial charge < -0.3 is 9.84 Å². The summed E-state index contributed by atoms with van der Waals surface area (Å²) in [5.74, 6) is -0.830. The number of esters is 1. The molecule has 3 heterocycles. The highest BCUT2D eigenvalue weighted by Crippen LogP contribution is 2.47. The number of carbonyl (C=O) groups is 2. The van der Waals surface area contributed by atoms with Crippen LogP contribution >= 0.6 is 34.4 Å². The van der Waals surface area contributed by atoms with Crippen LogP contribution in [0.2, 0.25) is 0 Å². The fourth-order valence-electron chi connectivity index (χ4n) is 5.60. The second kappa shape index (κ2) is 12.3. The van der Waals surface area contributed by atoms with Crippen LogP contribution in [0.25, 0.3) is 0 Å². The molecule has 0 bridgehead atoms. The van der Waals surface area contributed by atoms with Crippen molar-refractivity contribution in [2.24, 2.45) is 11.8 Å². The highest BCUT2D eigenvalue weighted by atomic mass is 32.2. The predicted octanol–water partition coefficient (Wildman–Crippen LogP) is 7.77. The van der Waals surface area contributed by atoms with Crippen molar-refractivity contribution in [3.05, 3.63) is 73.6 Å². The van der Waals surface area contributed by atoms with E-state index in [1.165, 1.54) is 21.5 Å². The highest BCUT2D eigenvalue weighted by Gasteiger charge is 2.56. The Morgan fingerprint density at radius 1 is 1.05 bits per heavy atom. The molecular weight excluding hydrogens is 545 g/mol.